The summed E-state index contributed by atoms with van der Waals surface area (Å²) in [6, 6.07) is 0. The predicted octanol–water partition coefficient (Wildman–Crippen LogP) is 2.04. The molecule has 0 radical (unpaired) electrons. The summed E-state index contributed by atoms with van der Waals surface area (Å²) in [6.45, 7) is 5.25. The standard InChI is InChI=1S/C20H30N6O2S/c1-27-10-11-28-15-4-3-5-17(21)16(12-15)20(22)18-13-19(24-14-23-18)25-6-8-26(29-2)9-7-25/h3,5,12,15,21-22H,4,6-11,13-14H2,1-2H3. The molecule has 2 heterocycles. The normalized spacial score (nSPS) is 23.4. The third-order valence-corrected chi connectivity index (χ3v) is 6.06. The van der Waals surface area contributed by atoms with Gasteiger partial charge in [0.2, 0.25) is 0 Å². The average molecular weight is 419 g/mol. The SMILES string of the molecule is COCCOC1C=C(C(=N)C2=NCN=C(N3CCN(SC)CC3)C2)C(=N)C=CC1. The molecule has 2 aliphatic heterocycles. The molecule has 2 N–H and O–H groups in total. The van der Waals surface area contributed by atoms with Crippen molar-refractivity contribution in [3.8, 4) is 0 Å². The molecule has 8 nitrogen and oxygen atoms in total. The molecular formula is C20H30N6O2S. The van der Waals surface area contributed by atoms with Crippen molar-refractivity contribution in [1.82, 2.24) is 9.21 Å². The molecule has 0 aromatic heterocycles. The lowest BCUT2D eigenvalue weighted by Gasteiger charge is -2.36. The smallest absolute Gasteiger partial charge is 0.131 e. The minimum absolute atomic E-state index is 0.170. The summed E-state index contributed by atoms with van der Waals surface area (Å²) in [5.74, 6) is 1.00. The Balaban J connectivity index is 1.66. The number of nitrogens with zero attached hydrogens (tertiary/aromatic N) is 4. The first-order valence-electron chi connectivity index (χ1n) is 9.90. The van der Waals surface area contributed by atoms with E-state index >= 15 is 0 Å². The molecule has 1 aliphatic carbocycles. The number of hydrogen-bond acceptors (Lipinski definition) is 9. The largest absolute Gasteiger partial charge is 0.382 e. The molecule has 0 aromatic rings. The molecular weight excluding hydrogens is 388 g/mol. The van der Waals surface area contributed by atoms with Crippen molar-refractivity contribution in [2.45, 2.75) is 18.9 Å². The Morgan fingerprint density at radius 1 is 1.24 bits per heavy atom. The highest BCUT2D eigenvalue weighted by atomic mass is 32.2. The van der Waals surface area contributed by atoms with Crippen LogP contribution in [-0.4, -0.2) is 97.7 Å². The molecule has 9 heteroatoms. The number of ether oxygens (including phenoxy) is 2. The lowest BCUT2D eigenvalue weighted by molar-refractivity contribution is 0.0410. The van der Waals surface area contributed by atoms with Crippen LogP contribution in [0.5, 0.6) is 0 Å². The van der Waals surface area contributed by atoms with Crippen molar-refractivity contribution in [3.05, 3.63) is 23.8 Å². The minimum atomic E-state index is -0.170. The second-order valence-corrected chi connectivity index (χ2v) is 7.89. The van der Waals surface area contributed by atoms with E-state index in [1.807, 2.05) is 12.2 Å². The molecule has 29 heavy (non-hydrogen) atoms. The van der Waals surface area contributed by atoms with Crippen molar-refractivity contribution in [3.63, 3.8) is 0 Å². The zero-order chi connectivity index (χ0) is 20.6. The molecule has 1 fully saturated rings. The van der Waals surface area contributed by atoms with Gasteiger partial charge in [-0.1, -0.05) is 18.0 Å². The van der Waals surface area contributed by atoms with E-state index in [2.05, 4.69) is 25.4 Å². The van der Waals surface area contributed by atoms with E-state index in [-0.39, 0.29) is 6.10 Å². The fourth-order valence-corrected chi connectivity index (χ4v) is 4.03. The number of nitrogens with one attached hydrogen (secondary N) is 2. The summed E-state index contributed by atoms with van der Waals surface area (Å²) >= 11 is 1.78. The van der Waals surface area contributed by atoms with Crippen molar-refractivity contribution < 1.29 is 9.47 Å². The second-order valence-electron chi connectivity index (χ2n) is 7.01. The Labute approximate surface area is 176 Å². The summed E-state index contributed by atoms with van der Waals surface area (Å²) in [6.07, 6.45) is 8.72. The van der Waals surface area contributed by atoms with Gasteiger partial charge in [0.05, 0.1) is 36.5 Å². The van der Waals surface area contributed by atoms with Crippen molar-refractivity contribution in [2.24, 2.45) is 9.98 Å². The average Bonchev–Trinajstić information content (AvgIpc) is 2.95. The van der Waals surface area contributed by atoms with Gasteiger partial charge in [0.1, 0.15) is 12.5 Å². The van der Waals surface area contributed by atoms with Gasteiger partial charge in [-0.25, -0.2) is 9.30 Å². The third-order valence-electron chi connectivity index (χ3n) is 5.18. The van der Waals surface area contributed by atoms with Gasteiger partial charge in [-0.15, -0.1) is 0 Å². The Morgan fingerprint density at radius 2 is 2.03 bits per heavy atom. The van der Waals surface area contributed by atoms with Gasteiger partial charge in [0.15, 0.2) is 0 Å². The van der Waals surface area contributed by atoms with E-state index in [0.717, 1.165) is 32.0 Å². The van der Waals surface area contributed by atoms with Crippen LogP contribution in [0.25, 0.3) is 0 Å². The zero-order valence-electron chi connectivity index (χ0n) is 17.2. The van der Waals surface area contributed by atoms with Crippen LogP contribution in [0.1, 0.15) is 12.8 Å². The lowest BCUT2D eigenvalue weighted by atomic mass is 9.97. The van der Waals surface area contributed by atoms with Crippen molar-refractivity contribution in [1.29, 1.82) is 10.8 Å². The van der Waals surface area contributed by atoms with Crippen LogP contribution in [0.4, 0.5) is 0 Å². The summed E-state index contributed by atoms with van der Waals surface area (Å²) < 4.78 is 13.2. The number of allylic oxidation sites excluding steroid dienone is 2. The maximum atomic E-state index is 8.74. The van der Waals surface area contributed by atoms with Crippen LogP contribution in [-0.2, 0) is 9.47 Å². The van der Waals surface area contributed by atoms with E-state index < -0.39 is 0 Å². The highest BCUT2D eigenvalue weighted by Gasteiger charge is 2.26. The van der Waals surface area contributed by atoms with Crippen LogP contribution in [0.2, 0.25) is 0 Å². The Morgan fingerprint density at radius 3 is 2.76 bits per heavy atom. The molecule has 0 aromatic carbocycles. The lowest BCUT2D eigenvalue weighted by Crippen LogP contribution is -2.47. The van der Waals surface area contributed by atoms with Gasteiger partial charge in [-0.2, -0.15) is 0 Å². The number of methoxy groups -OCH3 is 1. The third kappa shape index (κ3) is 5.85. The molecule has 3 aliphatic rings. The Kier molecular flexibility index (Phi) is 8.17. The van der Waals surface area contributed by atoms with Gasteiger partial charge in [0, 0.05) is 45.3 Å². The van der Waals surface area contributed by atoms with Gasteiger partial charge < -0.3 is 19.8 Å². The van der Waals surface area contributed by atoms with E-state index in [9.17, 15) is 0 Å². The van der Waals surface area contributed by atoms with Crippen LogP contribution in [0.15, 0.2) is 33.8 Å². The molecule has 1 saturated heterocycles. The second kappa shape index (κ2) is 10.8. The minimum Gasteiger partial charge on any atom is -0.382 e. The van der Waals surface area contributed by atoms with E-state index in [0.29, 0.717) is 55.4 Å². The maximum absolute atomic E-state index is 8.74. The van der Waals surface area contributed by atoms with Crippen molar-refractivity contribution >= 4 is 34.9 Å². The predicted molar refractivity (Wildman–Crippen MR) is 120 cm³/mol. The molecule has 0 bridgehead atoms. The molecule has 1 unspecified atom stereocenters. The quantitative estimate of drug-likeness (QED) is 0.375. The highest BCUT2D eigenvalue weighted by molar-refractivity contribution is 7.96. The van der Waals surface area contributed by atoms with Crippen LogP contribution in [0.3, 0.4) is 0 Å². The topological polar surface area (TPSA) is 97.4 Å². The highest BCUT2D eigenvalue weighted by Crippen LogP contribution is 2.18. The van der Waals surface area contributed by atoms with Gasteiger partial charge >= 0.3 is 0 Å². The summed E-state index contributed by atoms with van der Waals surface area (Å²) in [4.78, 5) is 11.4. The Hall–Kier alpha value is -1.81. The monoisotopic (exact) mass is 418 g/mol. The summed E-state index contributed by atoms with van der Waals surface area (Å²) in [5.41, 5.74) is 1.91. The summed E-state index contributed by atoms with van der Waals surface area (Å²) in [7, 11) is 1.64. The van der Waals surface area contributed by atoms with Crippen LogP contribution < -0.4 is 0 Å². The van der Waals surface area contributed by atoms with E-state index in [1.54, 1.807) is 25.1 Å². The first-order chi connectivity index (χ1) is 14.1. The number of piperazine rings is 1. The fourth-order valence-electron chi connectivity index (χ4n) is 3.50. The molecule has 3 rings (SSSR count). The van der Waals surface area contributed by atoms with Crippen LogP contribution in [0, 0.1) is 10.8 Å². The van der Waals surface area contributed by atoms with Gasteiger partial charge in [-0.3, -0.25) is 10.4 Å². The molecule has 158 valence electrons. The number of amidine groups is 1. The Bertz CT molecular complexity index is 737. The fraction of sp³-hybridized carbons (Fsp3) is 0.600. The molecule has 0 saturated carbocycles. The van der Waals surface area contributed by atoms with E-state index in [4.69, 9.17) is 20.3 Å². The van der Waals surface area contributed by atoms with Gasteiger partial charge in [0.25, 0.3) is 0 Å². The zero-order valence-corrected chi connectivity index (χ0v) is 18.0. The molecule has 0 amide bonds. The molecule has 1 atom stereocenters. The van der Waals surface area contributed by atoms with Crippen molar-refractivity contribution in [2.75, 3.05) is 59.4 Å². The summed E-state index contributed by atoms with van der Waals surface area (Å²) in [5, 5.41) is 17.1. The number of aliphatic imine (C=N–C) groups is 2. The molecule has 0 spiro atoms. The first kappa shape index (κ1) is 21.9. The first-order valence-corrected chi connectivity index (χ1v) is 11.1. The number of rotatable bonds is 7. The van der Waals surface area contributed by atoms with E-state index in [1.165, 1.54) is 0 Å². The van der Waals surface area contributed by atoms with Crippen LogP contribution >= 0.6 is 11.9 Å². The number of hydrogen-bond donors (Lipinski definition) is 2. The van der Waals surface area contributed by atoms with Gasteiger partial charge in [-0.05, 0) is 24.8 Å². The maximum Gasteiger partial charge on any atom is 0.131 e.